The molecule has 1 atom stereocenters. The first-order chi connectivity index (χ1) is 20.6. The number of halogens is 6. The SMILES string of the molecule is C=CCOC(=O)c1c(C)nc(-c2ccccc2)nc1C(=O)N1CCN(C(=O)c2cc(C(F)(F)F)cc(C(F)(F)F)c2)C(C)C1. The summed E-state index contributed by atoms with van der Waals surface area (Å²) >= 11 is 0. The van der Waals surface area contributed by atoms with Gasteiger partial charge in [0, 0.05) is 36.8 Å². The molecule has 2 amide bonds. The van der Waals surface area contributed by atoms with E-state index in [0.717, 1.165) is 4.90 Å². The number of hydrogen-bond acceptors (Lipinski definition) is 6. The van der Waals surface area contributed by atoms with E-state index in [1.807, 2.05) is 0 Å². The lowest BCUT2D eigenvalue weighted by atomic mass is 10.0. The second kappa shape index (κ2) is 12.5. The fraction of sp³-hybridized carbons (Fsp3) is 0.300. The molecule has 1 aromatic heterocycles. The number of piperazine rings is 1. The van der Waals surface area contributed by atoms with Crippen LogP contribution in [-0.4, -0.2) is 69.8 Å². The molecule has 2 aromatic carbocycles. The van der Waals surface area contributed by atoms with Gasteiger partial charge in [-0.2, -0.15) is 26.3 Å². The summed E-state index contributed by atoms with van der Waals surface area (Å²) in [6, 6.07) is 8.54. The summed E-state index contributed by atoms with van der Waals surface area (Å²) in [6.07, 6.45) is -8.90. The molecule has 232 valence electrons. The van der Waals surface area contributed by atoms with Gasteiger partial charge in [-0.05, 0) is 32.0 Å². The molecule has 0 N–H and O–H groups in total. The Bertz CT molecular complexity index is 1560. The molecule has 2 heterocycles. The number of carbonyl (C=O) groups is 3. The van der Waals surface area contributed by atoms with Crippen molar-refractivity contribution in [2.45, 2.75) is 32.2 Å². The van der Waals surface area contributed by atoms with Crippen molar-refractivity contribution in [3.63, 3.8) is 0 Å². The molecule has 0 aliphatic carbocycles. The van der Waals surface area contributed by atoms with Crippen LogP contribution in [-0.2, 0) is 17.1 Å². The van der Waals surface area contributed by atoms with Crippen molar-refractivity contribution in [3.05, 3.63) is 94.8 Å². The van der Waals surface area contributed by atoms with Gasteiger partial charge in [0.15, 0.2) is 5.82 Å². The Kier molecular flexibility index (Phi) is 9.11. The Morgan fingerprint density at radius 2 is 1.57 bits per heavy atom. The van der Waals surface area contributed by atoms with E-state index in [2.05, 4.69) is 16.5 Å². The van der Waals surface area contributed by atoms with Gasteiger partial charge >= 0.3 is 18.3 Å². The summed E-state index contributed by atoms with van der Waals surface area (Å²) in [4.78, 5) is 51.0. The molecular formula is C30H26F6N4O4. The molecular weight excluding hydrogens is 594 g/mol. The molecule has 1 aliphatic heterocycles. The largest absolute Gasteiger partial charge is 0.458 e. The maximum absolute atomic E-state index is 13.8. The lowest BCUT2D eigenvalue weighted by Crippen LogP contribution is -2.55. The number of aryl methyl sites for hydroxylation is 1. The molecule has 8 nitrogen and oxygen atoms in total. The van der Waals surface area contributed by atoms with Gasteiger partial charge in [0.05, 0.1) is 16.8 Å². The highest BCUT2D eigenvalue weighted by Gasteiger charge is 2.39. The number of esters is 1. The Hall–Kier alpha value is -4.75. The molecule has 0 saturated carbocycles. The van der Waals surface area contributed by atoms with Gasteiger partial charge in [-0.25, -0.2) is 14.8 Å². The molecule has 1 fully saturated rings. The zero-order chi connectivity index (χ0) is 32.4. The quantitative estimate of drug-likeness (QED) is 0.196. The van der Waals surface area contributed by atoms with Gasteiger partial charge in [-0.15, -0.1) is 0 Å². The average molecular weight is 621 g/mol. The highest BCUT2D eigenvalue weighted by Crippen LogP contribution is 2.37. The van der Waals surface area contributed by atoms with E-state index in [4.69, 9.17) is 4.74 Å². The zero-order valence-electron chi connectivity index (χ0n) is 23.5. The highest BCUT2D eigenvalue weighted by molar-refractivity contribution is 6.05. The molecule has 3 aromatic rings. The van der Waals surface area contributed by atoms with Gasteiger partial charge in [0.2, 0.25) is 0 Å². The summed E-state index contributed by atoms with van der Waals surface area (Å²) in [5, 5.41) is 0. The number of benzene rings is 2. The monoisotopic (exact) mass is 620 g/mol. The zero-order valence-corrected chi connectivity index (χ0v) is 23.5. The van der Waals surface area contributed by atoms with Crippen molar-refractivity contribution < 1.29 is 45.5 Å². The van der Waals surface area contributed by atoms with E-state index >= 15 is 0 Å². The van der Waals surface area contributed by atoms with E-state index in [0.29, 0.717) is 17.7 Å². The third kappa shape index (κ3) is 6.90. The number of carbonyl (C=O) groups excluding carboxylic acids is 3. The first-order valence-corrected chi connectivity index (χ1v) is 13.2. The highest BCUT2D eigenvalue weighted by atomic mass is 19.4. The van der Waals surface area contributed by atoms with Crippen LogP contribution >= 0.6 is 0 Å². The number of aromatic nitrogens is 2. The van der Waals surface area contributed by atoms with E-state index in [1.165, 1.54) is 24.8 Å². The van der Waals surface area contributed by atoms with Gasteiger partial charge in [-0.3, -0.25) is 9.59 Å². The second-order valence-corrected chi connectivity index (χ2v) is 10.0. The smallest absolute Gasteiger partial charge is 0.416 e. The molecule has 44 heavy (non-hydrogen) atoms. The van der Waals surface area contributed by atoms with Crippen LogP contribution in [0.2, 0.25) is 0 Å². The first kappa shape index (κ1) is 32.2. The van der Waals surface area contributed by atoms with Gasteiger partial charge in [0.25, 0.3) is 11.8 Å². The Labute approximate surface area is 248 Å². The van der Waals surface area contributed by atoms with Crippen LogP contribution in [0.1, 0.15) is 54.9 Å². The molecule has 0 bridgehead atoms. The van der Waals surface area contributed by atoms with Crippen molar-refractivity contribution in [1.82, 2.24) is 19.8 Å². The second-order valence-electron chi connectivity index (χ2n) is 10.0. The molecule has 0 spiro atoms. The molecule has 0 radical (unpaired) electrons. The van der Waals surface area contributed by atoms with Crippen LogP contribution in [0, 0.1) is 6.92 Å². The molecule has 1 saturated heterocycles. The first-order valence-electron chi connectivity index (χ1n) is 13.2. The van der Waals surface area contributed by atoms with Crippen molar-refractivity contribution in [2.24, 2.45) is 0 Å². The van der Waals surface area contributed by atoms with Crippen LogP contribution < -0.4 is 0 Å². The summed E-state index contributed by atoms with van der Waals surface area (Å²) in [7, 11) is 0. The minimum absolute atomic E-state index is 0.0537. The Morgan fingerprint density at radius 3 is 2.11 bits per heavy atom. The Morgan fingerprint density at radius 1 is 0.955 bits per heavy atom. The summed E-state index contributed by atoms with van der Waals surface area (Å²) < 4.78 is 85.3. The van der Waals surface area contributed by atoms with E-state index in [-0.39, 0.29) is 55.1 Å². The predicted molar refractivity (Wildman–Crippen MR) is 146 cm³/mol. The van der Waals surface area contributed by atoms with Gasteiger partial charge in [0.1, 0.15) is 17.9 Å². The molecule has 14 heteroatoms. The van der Waals surface area contributed by atoms with Crippen molar-refractivity contribution in [3.8, 4) is 11.4 Å². The van der Waals surface area contributed by atoms with Gasteiger partial charge < -0.3 is 14.5 Å². The molecule has 1 aliphatic rings. The fourth-order valence-electron chi connectivity index (χ4n) is 4.73. The maximum Gasteiger partial charge on any atom is 0.416 e. The number of amides is 2. The summed E-state index contributed by atoms with van der Waals surface area (Å²) in [5.41, 5.74) is -3.70. The Balaban J connectivity index is 1.64. The standard InChI is InChI=1S/C30H26F6N4O4/c1-4-12-44-28(43)23-18(3)37-25(19-8-6-5-7-9-19)38-24(23)27(42)39-10-11-40(17(2)16-39)26(41)20-13-21(29(31,32)33)15-22(14-20)30(34,35)36/h4-9,13-15,17H,1,10-12,16H2,2-3H3. The van der Waals surface area contributed by atoms with Crippen molar-refractivity contribution in [1.29, 1.82) is 0 Å². The maximum atomic E-state index is 13.8. The van der Waals surface area contributed by atoms with Crippen molar-refractivity contribution >= 4 is 17.8 Å². The lowest BCUT2D eigenvalue weighted by molar-refractivity contribution is -0.143. The van der Waals surface area contributed by atoms with Crippen LogP contribution in [0.15, 0.2) is 61.2 Å². The van der Waals surface area contributed by atoms with E-state index in [9.17, 15) is 40.7 Å². The van der Waals surface area contributed by atoms with Crippen LogP contribution in [0.3, 0.4) is 0 Å². The number of hydrogen-bond donors (Lipinski definition) is 0. The van der Waals surface area contributed by atoms with E-state index < -0.39 is 52.9 Å². The third-order valence-corrected chi connectivity index (χ3v) is 6.87. The van der Waals surface area contributed by atoms with E-state index in [1.54, 1.807) is 30.3 Å². The lowest BCUT2D eigenvalue weighted by Gasteiger charge is -2.40. The topological polar surface area (TPSA) is 92.7 Å². The van der Waals surface area contributed by atoms with Crippen LogP contribution in [0.4, 0.5) is 26.3 Å². The van der Waals surface area contributed by atoms with Crippen LogP contribution in [0.25, 0.3) is 11.4 Å². The molecule has 1 unspecified atom stereocenters. The number of alkyl halides is 6. The number of nitrogens with zero attached hydrogens (tertiary/aromatic N) is 4. The summed E-state index contributed by atoms with van der Waals surface area (Å²) in [6.45, 7) is 5.84. The van der Waals surface area contributed by atoms with Gasteiger partial charge in [-0.1, -0.05) is 43.0 Å². The number of ether oxygens (including phenoxy) is 1. The average Bonchev–Trinajstić information content (AvgIpc) is 2.98. The minimum Gasteiger partial charge on any atom is -0.458 e. The summed E-state index contributed by atoms with van der Waals surface area (Å²) in [5.74, 6) is -2.45. The van der Waals surface area contributed by atoms with Crippen molar-refractivity contribution in [2.75, 3.05) is 26.2 Å². The predicted octanol–water partition coefficient (Wildman–Crippen LogP) is 5.82. The normalized spacial score (nSPS) is 15.6. The minimum atomic E-state index is -5.12. The molecule has 4 rings (SSSR count). The fourth-order valence-corrected chi connectivity index (χ4v) is 4.73. The van der Waals surface area contributed by atoms with Crippen LogP contribution in [0.5, 0.6) is 0 Å². The third-order valence-electron chi connectivity index (χ3n) is 6.87. The number of rotatable bonds is 6.